The van der Waals surface area contributed by atoms with Crippen LogP contribution in [0.1, 0.15) is 69.2 Å². The van der Waals surface area contributed by atoms with Gasteiger partial charge in [0.1, 0.15) is 5.75 Å². The van der Waals surface area contributed by atoms with Gasteiger partial charge in [0.15, 0.2) is 11.5 Å². The summed E-state index contributed by atoms with van der Waals surface area (Å²) in [6.45, 7) is 7.03. The standard InChI is InChI=1S/C45H53N5O7/c1-32(18-21-42(51)49-26-24-47(2)25-27-49)22-29-57-39-17-10-9-16-38(39)48(3)43(52)36-14-7-8-15-37(36)46-31-33-19-20-40(41(30-33)55-4)56-28-11-23-50-44(53)34-12-5-6-13-35(34)45(50)54/h5-10,12-17,19-20,30,32,46H,11,18,21-29,31H2,1-4H3. The Balaban J connectivity index is 0.990. The lowest BCUT2D eigenvalue weighted by molar-refractivity contribution is -0.133. The van der Waals surface area contributed by atoms with Gasteiger partial charge in [-0.05, 0) is 86.3 Å². The number of hydrogen-bond donors (Lipinski definition) is 1. The van der Waals surface area contributed by atoms with Crippen LogP contribution in [-0.4, -0.2) is 105 Å². The smallest absolute Gasteiger partial charge is 0.261 e. The quantitative estimate of drug-likeness (QED) is 0.0880. The Labute approximate surface area is 335 Å². The lowest BCUT2D eigenvalue weighted by Gasteiger charge is -2.32. The van der Waals surface area contributed by atoms with E-state index in [4.69, 9.17) is 14.2 Å². The lowest BCUT2D eigenvalue weighted by atomic mass is 10.0. The molecule has 2 aliphatic rings. The van der Waals surface area contributed by atoms with Crippen LogP contribution in [0.25, 0.3) is 0 Å². The predicted octanol–water partition coefficient (Wildman–Crippen LogP) is 6.61. The van der Waals surface area contributed by atoms with Crippen molar-refractivity contribution < 1.29 is 33.4 Å². The van der Waals surface area contributed by atoms with E-state index in [0.717, 1.165) is 44.6 Å². The Morgan fingerprint density at radius 1 is 0.789 bits per heavy atom. The van der Waals surface area contributed by atoms with Crippen LogP contribution in [0.2, 0.25) is 0 Å². The molecule has 4 aromatic carbocycles. The van der Waals surface area contributed by atoms with Crippen molar-refractivity contribution >= 4 is 35.0 Å². The first-order chi connectivity index (χ1) is 27.6. The number of carbonyl (C=O) groups excluding carboxylic acids is 4. The van der Waals surface area contributed by atoms with Crippen molar-refractivity contribution in [2.24, 2.45) is 5.92 Å². The van der Waals surface area contributed by atoms with Crippen molar-refractivity contribution in [2.45, 2.75) is 39.2 Å². The SMILES string of the molecule is COc1cc(CNc2ccccc2C(=O)N(C)c2ccccc2OCCC(C)CCC(=O)N2CCN(C)CC2)ccc1OCCCN1C(=O)c2ccccc2C1=O. The van der Waals surface area contributed by atoms with Crippen molar-refractivity contribution in [2.75, 3.05) is 77.4 Å². The van der Waals surface area contributed by atoms with E-state index in [1.54, 1.807) is 49.4 Å². The minimum Gasteiger partial charge on any atom is -0.493 e. The van der Waals surface area contributed by atoms with Crippen LogP contribution in [0.3, 0.4) is 0 Å². The molecule has 0 saturated carbocycles. The van der Waals surface area contributed by atoms with Crippen LogP contribution in [0, 0.1) is 5.92 Å². The van der Waals surface area contributed by atoms with Crippen LogP contribution >= 0.6 is 0 Å². The van der Waals surface area contributed by atoms with Gasteiger partial charge in [0.2, 0.25) is 5.91 Å². The summed E-state index contributed by atoms with van der Waals surface area (Å²) in [5.74, 6) is 1.52. The zero-order chi connectivity index (χ0) is 40.3. The molecule has 0 radical (unpaired) electrons. The van der Waals surface area contributed by atoms with Gasteiger partial charge in [0, 0.05) is 58.4 Å². The highest BCUT2D eigenvalue weighted by Crippen LogP contribution is 2.32. The highest BCUT2D eigenvalue weighted by molar-refractivity contribution is 6.21. The van der Waals surface area contributed by atoms with Gasteiger partial charge in [-0.3, -0.25) is 24.1 Å². The molecule has 0 aromatic heterocycles. The Morgan fingerprint density at radius 3 is 2.19 bits per heavy atom. The topological polar surface area (TPSA) is 121 Å². The molecule has 12 heteroatoms. The third kappa shape index (κ3) is 10.1. The van der Waals surface area contributed by atoms with Crippen molar-refractivity contribution in [1.29, 1.82) is 0 Å². The van der Waals surface area contributed by atoms with Crippen molar-refractivity contribution in [3.63, 3.8) is 0 Å². The summed E-state index contributed by atoms with van der Waals surface area (Å²) in [5.41, 5.74) is 3.64. The number of methoxy groups -OCH3 is 1. The Bertz CT molecular complexity index is 2010. The van der Waals surface area contributed by atoms with Gasteiger partial charge in [-0.25, -0.2) is 0 Å². The monoisotopic (exact) mass is 775 g/mol. The van der Waals surface area contributed by atoms with E-state index in [2.05, 4.69) is 24.2 Å². The van der Waals surface area contributed by atoms with Gasteiger partial charge < -0.3 is 34.2 Å². The van der Waals surface area contributed by atoms with Crippen LogP contribution in [0.15, 0.2) is 91.0 Å². The maximum absolute atomic E-state index is 14.0. The molecule has 57 heavy (non-hydrogen) atoms. The molecule has 2 heterocycles. The number of para-hydroxylation sites is 3. The molecule has 0 aliphatic carbocycles. The number of fused-ring (bicyclic) bond motifs is 1. The van der Waals surface area contributed by atoms with Crippen LogP contribution < -0.4 is 24.4 Å². The van der Waals surface area contributed by atoms with Crippen molar-refractivity contribution in [1.82, 2.24) is 14.7 Å². The van der Waals surface area contributed by atoms with E-state index in [9.17, 15) is 19.2 Å². The molecule has 0 bridgehead atoms. The molecular formula is C45H53N5O7. The Morgan fingerprint density at radius 2 is 1.46 bits per heavy atom. The molecule has 1 atom stereocenters. The van der Waals surface area contributed by atoms with E-state index < -0.39 is 0 Å². The molecule has 0 spiro atoms. The second-order valence-electron chi connectivity index (χ2n) is 14.7. The highest BCUT2D eigenvalue weighted by atomic mass is 16.5. The third-order valence-corrected chi connectivity index (χ3v) is 10.6. The zero-order valence-corrected chi connectivity index (χ0v) is 33.4. The number of anilines is 2. The number of nitrogens with one attached hydrogen (secondary N) is 1. The first kappa shape index (κ1) is 40.8. The van der Waals surface area contributed by atoms with Gasteiger partial charge in [-0.15, -0.1) is 0 Å². The maximum Gasteiger partial charge on any atom is 0.261 e. The maximum atomic E-state index is 14.0. The third-order valence-electron chi connectivity index (χ3n) is 10.6. The van der Waals surface area contributed by atoms with Crippen LogP contribution in [0.4, 0.5) is 11.4 Å². The van der Waals surface area contributed by atoms with Gasteiger partial charge in [-0.2, -0.15) is 0 Å². The number of amides is 4. The minimum absolute atomic E-state index is 0.188. The van der Waals surface area contributed by atoms with Crippen LogP contribution in [0.5, 0.6) is 17.2 Å². The fourth-order valence-corrected chi connectivity index (χ4v) is 7.05. The van der Waals surface area contributed by atoms with E-state index >= 15 is 0 Å². The second-order valence-corrected chi connectivity index (χ2v) is 14.7. The van der Waals surface area contributed by atoms with Crippen LogP contribution in [-0.2, 0) is 11.3 Å². The summed E-state index contributed by atoms with van der Waals surface area (Å²) in [5, 5.41) is 3.42. The second kappa shape index (κ2) is 19.3. The number of imide groups is 1. The van der Waals surface area contributed by atoms with Crippen molar-refractivity contribution in [3.05, 3.63) is 113 Å². The molecule has 12 nitrogen and oxygen atoms in total. The fourth-order valence-electron chi connectivity index (χ4n) is 7.05. The summed E-state index contributed by atoms with van der Waals surface area (Å²) < 4.78 is 17.8. The average molecular weight is 776 g/mol. The number of piperazine rings is 1. The van der Waals surface area contributed by atoms with E-state index in [0.29, 0.717) is 77.2 Å². The van der Waals surface area contributed by atoms with Gasteiger partial charge >= 0.3 is 0 Å². The molecule has 300 valence electrons. The van der Waals surface area contributed by atoms with Gasteiger partial charge in [-0.1, -0.05) is 49.4 Å². The van der Waals surface area contributed by atoms with E-state index in [1.807, 2.05) is 65.6 Å². The average Bonchev–Trinajstić information content (AvgIpc) is 3.48. The van der Waals surface area contributed by atoms with E-state index in [-0.39, 0.29) is 36.8 Å². The van der Waals surface area contributed by atoms with E-state index in [1.165, 1.54) is 4.90 Å². The summed E-state index contributed by atoms with van der Waals surface area (Å²) >= 11 is 0. The normalized spacial score (nSPS) is 14.6. The number of carbonyl (C=O) groups is 4. The molecule has 1 saturated heterocycles. The number of nitrogens with zero attached hydrogens (tertiary/aromatic N) is 4. The van der Waals surface area contributed by atoms with Gasteiger partial charge in [0.25, 0.3) is 17.7 Å². The molecule has 6 rings (SSSR count). The largest absolute Gasteiger partial charge is 0.493 e. The fraction of sp³-hybridized carbons (Fsp3) is 0.378. The molecule has 1 unspecified atom stereocenters. The molecule has 2 aliphatic heterocycles. The molecule has 1 fully saturated rings. The number of rotatable bonds is 18. The number of hydrogen-bond acceptors (Lipinski definition) is 9. The number of benzene rings is 4. The summed E-state index contributed by atoms with van der Waals surface area (Å²) in [6, 6.07) is 27.4. The molecular weight excluding hydrogens is 723 g/mol. The number of ether oxygens (including phenoxy) is 3. The first-order valence-electron chi connectivity index (χ1n) is 19.7. The highest BCUT2D eigenvalue weighted by Gasteiger charge is 2.34. The molecule has 4 aromatic rings. The zero-order valence-electron chi connectivity index (χ0n) is 33.4. The molecule has 4 amide bonds. The number of likely N-dealkylation sites (N-methyl/N-ethyl adjacent to an activating group) is 1. The minimum atomic E-state index is -0.279. The Hall–Kier alpha value is -5.88. The molecule has 1 N–H and O–H groups in total. The predicted molar refractivity (Wildman–Crippen MR) is 220 cm³/mol. The summed E-state index contributed by atoms with van der Waals surface area (Å²) in [6.07, 6.45) is 2.62. The van der Waals surface area contributed by atoms with Crippen molar-refractivity contribution in [3.8, 4) is 17.2 Å². The Kier molecular flexibility index (Phi) is 13.8. The summed E-state index contributed by atoms with van der Waals surface area (Å²) in [4.78, 5) is 59.1. The summed E-state index contributed by atoms with van der Waals surface area (Å²) in [7, 11) is 5.41. The lowest BCUT2D eigenvalue weighted by Crippen LogP contribution is -2.47. The van der Waals surface area contributed by atoms with Gasteiger partial charge in [0.05, 0.1) is 42.7 Å². The first-order valence-corrected chi connectivity index (χ1v) is 19.7.